The molecule has 10 nitrogen and oxygen atoms in total. The third-order valence-corrected chi connectivity index (χ3v) is 6.62. The second kappa shape index (κ2) is 10.9. The molecule has 1 aliphatic heterocycles. The van der Waals surface area contributed by atoms with Crippen molar-refractivity contribution in [2.75, 3.05) is 27.6 Å². The molecule has 202 valence electrons. The van der Waals surface area contributed by atoms with Crippen LogP contribution < -0.4 is 29.9 Å². The molecule has 5 rings (SSSR count). The lowest BCUT2D eigenvalue weighted by atomic mass is 9.86. The molecule has 4 aromatic rings. The zero-order chi connectivity index (χ0) is 27.5. The second-order valence-corrected chi connectivity index (χ2v) is 8.94. The van der Waals surface area contributed by atoms with Crippen LogP contribution in [0.5, 0.6) is 34.5 Å². The van der Waals surface area contributed by atoms with E-state index in [1.165, 1.54) is 14.2 Å². The second-order valence-electron chi connectivity index (χ2n) is 8.94. The fourth-order valence-electron chi connectivity index (χ4n) is 4.74. The molecule has 10 heteroatoms. The normalized spacial score (nSPS) is 12.8. The molecule has 0 aliphatic carbocycles. The smallest absolute Gasteiger partial charge is 0.343 e. The first kappa shape index (κ1) is 25.8. The molecule has 0 radical (unpaired) electrons. The van der Waals surface area contributed by atoms with Gasteiger partial charge in [0.15, 0.2) is 11.5 Å². The first-order valence-electron chi connectivity index (χ1n) is 12.2. The number of carbonyl (C=O) groups excluding carboxylic acids is 1. The molecule has 0 saturated carbocycles. The summed E-state index contributed by atoms with van der Waals surface area (Å²) in [4.78, 5) is 26.5. The van der Waals surface area contributed by atoms with Crippen LogP contribution in [0.1, 0.15) is 29.0 Å². The van der Waals surface area contributed by atoms with E-state index < -0.39 is 11.5 Å². The van der Waals surface area contributed by atoms with Gasteiger partial charge in [0.05, 0.1) is 25.2 Å². The number of phenolic OH excluding ortho intramolecular Hbond substituents is 1. The van der Waals surface area contributed by atoms with E-state index >= 15 is 0 Å². The lowest BCUT2D eigenvalue weighted by Gasteiger charge is -2.22. The van der Waals surface area contributed by atoms with E-state index in [2.05, 4.69) is 5.32 Å². The maximum absolute atomic E-state index is 13.3. The third-order valence-electron chi connectivity index (χ3n) is 6.62. The highest BCUT2D eigenvalue weighted by atomic mass is 16.7. The summed E-state index contributed by atoms with van der Waals surface area (Å²) < 4.78 is 27.9. The van der Waals surface area contributed by atoms with Crippen molar-refractivity contribution < 1.29 is 38.4 Å². The number of carbonyl (C=O) groups is 1. The number of hydrogen-bond acceptors (Lipinski definition) is 9. The van der Waals surface area contributed by atoms with Crippen LogP contribution >= 0.6 is 0 Å². The first-order chi connectivity index (χ1) is 18.9. The number of aromatic hydroxyl groups is 2. The largest absolute Gasteiger partial charge is 0.508 e. The van der Waals surface area contributed by atoms with Crippen molar-refractivity contribution in [1.82, 2.24) is 5.32 Å². The molecule has 3 aromatic carbocycles. The number of amides is 1. The minimum Gasteiger partial charge on any atom is -0.508 e. The number of para-hydroxylation sites is 1. The molecule has 1 amide bonds. The van der Waals surface area contributed by atoms with E-state index in [-0.39, 0.29) is 53.3 Å². The van der Waals surface area contributed by atoms with E-state index in [0.717, 1.165) is 5.56 Å². The molecule has 0 saturated heterocycles. The number of benzene rings is 3. The van der Waals surface area contributed by atoms with E-state index in [1.807, 2.05) is 0 Å². The predicted molar refractivity (Wildman–Crippen MR) is 141 cm³/mol. The van der Waals surface area contributed by atoms with Gasteiger partial charge >= 0.3 is 5.63 Å². The highest BCUT2D eigenvalue weighted by Gasteiger charge is 2.35. The maximum Gasteiger partial charge on any atom is 0.343 e. The quantitative estimate of drug-likeness (QED) is 0.274. The fraction of sp³-hybridized carbons (Fsp3) is 0.241. The van der Waals surface area contributed by atoms with Crippen molar-refractivity contribution in [2.45, 2.75) is 18.8 Å². The number of ether oxygens (including phenoxy) is 4. The summed E-state index contributed by atoms with van der Waals surface area (Å²) in [5, 5.41) is 23.9. The summed E-state index contributed by atoms with van der Waals surface area (Å²) in [6.45, 7) is 0.257. The van der Waals surface area contributed by atoms with Crippen molar-refractivity contribution in [3.8, 4) is 34.5 Å². The predicted octanol–water partition coefficient (Wildman–Crippen LogP) is 3.83. The lowest BCUT2D eigenvalue weighted by Crippen LogP contribution is -2.29. The van der Waals surface area contributed by atoms with Gasteiger partial charge in [0.1, 0.15) is 17.1 Å². The summed E-state index contributed by atoms with van der Waals surface area (Å²) in [5.74, 6) is -0.311. The van der Waals surface area contributed by atoms with Crippen LogP contribution in [-0.4, -0.2) is 43.7 Å². The Bertz CT molecular complexity index is 1580. The number of rotatable bonds is 9. The number of fused-ring (bicyclic) bond motifs is 2. The molecule has 0 unspecified atom stereocenters. The van der Waals surface area contributed by atoms with Crippen LogP contribution in [0, 0.1) is 0 Å². The van der Waals surface area contributed by atoms with Crippen LogP contribution in [-0.2, 0) is 11.2 Å². The number of methoxy groups -OCH3 is 2. The molecule has 2 heterocycles. The Kier molecular flexibility index (Phi) is 7.18. The van der Waals surface area contributed by atoms with Crippen LogP contribution in [0.4, 0.5) is 0 Å². The van der Waals surface area contributed by atoms with Gasteiger partial charge in [-0.2, -0.15) is 0 Å². The Morgan fingerprint density at radius 3 is 2.51 bits per heavy atom. The number of nitrogens with one attached hydrogen (secondary N) is 1. The first-order valence-corrected chi connectivity index (χ1v) is 12.2. The molecular weight excluding hydrogens is 506 g/mol. The minimum absolute atomic E-state index is 0.0583. The average molecular weight is 534 g/mol. The molecule has 3 N–H and O–H groups in total. The van der Waals surface area contributed by atoms with Gasteiger partial charge in [-0.25, -0.2) is 4.79 Å². The Labute approximate surface area is 223 Å². The Morgan fingerprint density at radius 1 is 1.03 bits per heavy atom. The topological polar surface area (TPSA) is 137 Å². The highest BCUT2D eigenvalue weighted by molar-refractivity contribution is 5.85. The van der Waals surface area contributed by atoms with Crippen molar-refractivity contribution in [3.05, 3.63) is 81.7 Å². The van der Waals surface area contributed by atoms with Crippen molar-refractivity contribution in [2.24, 2.45) is 0 Å². The summed E-state index contributed by atoms with van der Waals surface area (Å²) in [5.41, 5.74) is 0.647. The van der Waals surface area contributed by atoms with Crippen LogP contribution in [0.2, 0.25) is 0 Å². The van der Waals surface area contributed by atoms with E-state index in [9.17, 15) is 19.8 Å². The van der Waals surface area contributed by atoms with Gasteiger partial charge in [-0.1, -0.05) is 24.3 Å². The molecule has 0 spiro atoms. The SMILES string of the molecule is COc1cc([C@H](CC(=O)NCCc2ccc(O)cc2)c2c(O)c3ccccc3oc2=O)c(OC)c2c1OCO2. The molecular formula is C29H27NO9. The summed E-state index contributed by atoms with van der Waals surface area (Å²) >= 11 is 0. The van der Waals surface area contributed by atoms with Gasteiger partial charge in [-0.05, 0) is 42.3 Å². The molecule has 39 heavy (non-hydrogen) atoms. The molecule has 1 atom stereocenters. The Balaban J connectivity index is 1.55. The van der Waals surface area contributed by atoms with E-state index in [1.54, 1.807) is 54.6 Å². The van der Waals surface area contributed by atoms with E-state index in [4.69, 9.17) is 23.4 Å². The van der Waals surface area contributed by atoms with Gasteiger partial charge in [0.2, 0.25) is 24.2 Å². The third kappa shape index (κ3) is 5.00. The molecule has 1 aromatic heterocycles. The Hall–Kier alpha value is -4.86. The monoisotopic (exact) mass is 533 g/mol. The molecule has 1 aliphatic rings. The summed E-state index contributed by atoms with van der Waals surface area (Å²) in [6.07, 6.45) is 0.312. The summed E-state index contributed by atoms with van der Waals surface area (Å²) in [7, 11) is 2.89. The van der Waals surface area contributed by atoms with Crippen molar-refractivity contribution in [3.63, 3.8) is 0 Å². The molecule has 0 bridgehead atoms. The fourth-order valence-corrected chi connectivity index (χ4v) is 4.74. The summed E-state index contributed by atoms with van der Waals surface area (Å²) in [6, 6.07) is 14.9. The van der Waals surface area contributed by atoms with Crippen LogP contribution in [0.3, 0.4) is 0 Å². The zero-order valence-corrected chi connectivity index (χ0v) is 21.4. The standard InChI is InChI=1S/C29H27NO9/c1-35-22-13-20(26(36-2)28-27(22)37-15-38-28)19(14-23(32)30-12-11-16-7-9-17(31)10-8-16)24-25(33)18-5-3-4-6-21(18)39-29(24)34/h3-10,13,19,31,33H,11-12,14-15H2,1-2H3,(H,30,32)/t19-/m0/s1. The number of hydrogen-bond donors (Lipinski definition) is 3. The van der Waals surface area contributed by atoms with Gasteiger partial charge in [-0.15, -0.1) is 0 Å². The Morgan fingerprint density at radius 2 is 1.77 bits per heavy atom. The highest BCUT2D eigenvalue weighted by Crippen LogP contribution is 2.53. The van der Waals surface area contributed by atoms with E-state index in [0.29, 0.717) is 35.4 Å². The molecule has 0 fully saturated rings. The van der Waals surface area contributed by atoms with Crippen LogP contribution in [0.25, 0.3) is 11.0 Å². The van der Waals surface area contributed by atoms with Gasteiger partial charge in [-0.3, -0.25) is 4.79 Å². The van der Waals surface area contributed by atoms with Gasteiger partial charge in [0.25, 0.3) is 0 Å². The van der Waals surface area contributed by atoms with Gasteiger partial charge < -0.3 is 38.9 Å². The lowest BCUT2D eigenvalue weighted by molar-refractivity contribution is -0.121. The number of phenols is 1. The zero-order valence-electron chi connectivity index (χ0n) is 21.4. The van der Waals surface area contributed by atoms with Crippen molar-refractivity contribution >= 4 is 16.9 Å². The maximum atomic E-state index is 13.3. The average Bonchev–Trinajstić information content (AvgIpc) is 3.43. The van der Waals surface area contributed by atoms with Crippen LogP contribution in [0.15, 0.2) is 63.8 Å². The minimum atomic E-state index is -0.988. The van der Waals surface area contributed by atoms with Crippen molar-refractivity contribution in [1.29, 1.82) is 0 Å². The van der Waals surface area contributed by atoms with Gasteiger partial charge in [0, 0.05) is 24.4 Å².